The molecule has 0 unspecified atom stereocenters. The molecule has 1 N–H and O–H groups in total. The van der Waals surface area contributed by atoms with Gasteiger partial charge in [-0.25, -0.2) is 0 Å². The third-order valence-electron chi connectivity index (χ3n) is 5.34. The minimum absolute atomic E-state index is 0.0682. The highest BCUT2D eigenvalue weighted by molar-refractivity contribution is 5.27. The lowest BCUT2D eigenvalue weighted by Crippen LogP contribution is -2.47. The maximum atomic E-state index is 10.2. The van der Waals surface area contributed by atoms with E-state index in [4.69, 9.17) is 9.47 Å². The number of rotatable bonds is 7. The minimum Gasteiger partial charge on any atom is -0.491 e. The summed E-state index contributed by atoms with van der Waals surface area (Å²) in [6.45, 7) is 13.1. The summed E-state index contributed by atoms with van der Waals surface area (Å²) in [5.41, 5.74) is 1.21. The van der Waals surface area contributed by atoms with E-state index in [2.05, 4.69) is 47.7 Å². The molecule has 0 aliphatic carbocycles. The Bertz CT molecular complexity index is 571. The molecule has 1 aromatic rings. The summed E-state index contributed by atoms with van der Waals surface area (Å²) in [6, 6.07) is 8.24. The van der Waals surface area contributed by atoms with E-state index >= 15 is 0 Å². The zero-order valence-electron chi connectivity index (χ0n) is 17.1. The van der Waals surface area contributed by atoms with Crippen molar-refractivity contribution in [3.8, 4) is 5.75 Å². The summed E-state index contributed by atoms with van der Waals surface area (Å²) in [6.07, 6.45) is -0.455. The fourth-order valence-electron chi connectivity index (χ4n) is 3.77. The first-order valence-electron chi connectivity index (χ1n) is 10.1. The Kier molecular flexibility index (Phi) is 7.11. The van der Waals surface area contributed by atoms with Crippen molar-refractivity contribution in [2.75, 3.05) is 66.1 Å². The minimum atomic E-state index is -0.455. The molecule has 0 aromatic heterocycles. The quantitative estimate of drug-likeness (QED) is 0.773. The second-order valence-electron chi connectivity index (χ2n) is 8.53. The maximum Gasteiger partial charge on any atom is 0.119 e. The van der Waals surface area contributed by atoms with E-state index in [1.165, 1.54) is 5.56 Å². The summed E-state index contributed by atoms with van der Waals surface area (Å²) in [4.78, 5) is 7.05. The first-order chi connectivity index (χ1) is 12.9. The van der Waals surface area contributed by atoms with Crippen LogP contribution in [0.15, 0.2) is 24.3 Å². The first kappa shape index (κ1) is 20.6. The van der Waals surface area contributed by atoms with E-state index in [1.54, 1.807) is 0 Å². The summed E-state index contributed by atoms with van der Waals surface area (Å²) < 4.78 is 11.6. The Balaban J connectivity index is 1.40. The molecule has 27 heavy (non-hydrogen) atoms. The summed E-state index contributed by atoms with van der Waals surface area (Å²) in [5, 5.41) is 10.2. The van der Waals surface area contributed by atoms with Crippen LogP contribution in [-0.4, -0.2) is 97.6 Å². The van der Waals surface area contributed by atoms with Crippen LogP contribution in [0.3, 0.4) is 0 Å². The van der Waals surface area contributed by atoms with Crippen molar-refractivity contribution in [1.29, 1.82) is 0 Å². The van der Waals surface area contributed by atoms with Gasteiger partial charge in [-0.3, -0.25) is 9.80 Å². The zero-order valence-corrected chi connectivity index (χ0v) is 17.1. The van der Waals surface area contributed by atoms with E-state index in [1.807, 2.05) is 12.1 Å². The molecule has 152 valence electrons. The normalized spacial score (nSPS) is 23.3. The molecule has 1 atom stereocenters. The standard InChI is InChI=1S/C21H35N3O3/c1-21(2)17-24(12-13-27-21)14-18-4-6-20(7-5-18)26-16-19(25)15-23-10-8-22(3)9-11-23/h4-7,19,25H,8-17H2,1-3H3/t19-/m1/s1. The highest BCUT2D eigenvalue weighted by Crippen LogP contribution is 2.20. The lowest BCUT2D eigenvalue weighted by Gasteiger charge is -2.38. The molecule has 1 aromatic carbocycles. The van der Waals surface area contributed by atoms with Gasteiger partial charge in [-0.15, -0.1) is 0 Å². The molecule has 0 spiro atoms. The Hall–Kier alpha value is -1.18. The van der Waals surface area contributed by atoms with Crippen LogP contribution in [0.1, 0.15) is 19.4 Å². The van der Waals surface area contributed by atoms with Crippen LogP contribution in [0.25, 0.3) is 0 Å². The molecular formula is C21H35N3O3. The van der Waals surface area contributed by atoms with E-state index in [-0.39, 0.29) is 5.60 Å². The number of likely N-dealkylation sites (N-methyl/N-ethyl adjacent to an activating group) is 1. The van der Waals surface area contributed by atoms with Gasteiger partial charge in [-0.2, -0.15) is 0 Å². The Labute approximate surface area is 163 Å². The van der Waals surface area contributed by atoms with Crippen molar-refractivity contribution in [2.45, 2.75) is 32.1 Å². The van der Waals surface area contributed by atoms with Crippen molar-refractivity contribution in [3.05, 3.63) is 29.8 Å². The third-order valence-corrected chi connectivity index (χ3v) is 5.34. The van der Waals surface area contributed by atoms with Gasteiger partial charge < -0.3 is 19.5 Å². The molecule has 0 amide bonds. The fourth-order valence-corrected chi connectivity index (χ4v) is 3.77. The largest absolute Gasteiger partial charge is 0.491 e. The number of β-amino-alcohol motifs (C(OH)–C–C–N with tert-alkyl or cyclic N) is 1. The van der Waals surface area contributed by atoms with Gasteiger partial charge in [0.15, 0.2) is 0 Å². The number of aliphatic hydroxyl groups excluding tert-OH is 1. The zero-order chi connectivity index (χ0) is 19.3. The maximum absolute atomic E-state index is 10.2. The van der Waals surface area contributed by atoms with Crippen LogP contribution in [0.4, 0.5) is 0 Å². The average Bonchev–Trinajstić information content (AvgIpc) is 2.62. The molecule has 2 aliphatic rings. The van der Waals surface area contributed by atoms with Gasteiger partial charge in [0.05, 0.1) is 12.2 Å². The molecule has 2 heterocycles. The van der Waals surface area contributed by atoms with Crippen molar-refractivity contribution in [1.82, 2.24) is 14.7 Å². The van der Waals surface area contributed by atoms with Gasteiger partial charge in [0.25, 0.3) is 0 Å². The lowest BCUT2D eigenvalue weighted by molar-refractivity contribution is -0.0882. The Morgan fingerprint density at radius 1 is 1.07 bits per heavy atom. The summed E-state index contributed by atoms with van der Waals surface area (Å²) >= 11 is 0. The molecule has 2 fully saturated rings. The van der Waals surface area contributed by atoms with Gasteiger partial charge in [0.1, 0.15) is 18.5 Å². The topological polar surface area (TPSA) is 48.4 Å². The van der Waals surface area contributed by atoms with Crippen LogP contribution in [0, 0.1) is 0 Å². The number of nitrogens with zero attached hydrogens (tertiary/aromatic N) is 3. The van der Waals surface area contributed by atoms with E-state index in [0.717, 1.165) is 58.2 Å². The van der Waals surface area contributed by atoms with Crippen LogP contribution < -0.4 is 4.74 Å². The van der Waals surface area contributed by atoms with Crippen LogP contribution >= 0.6 is 0 Å². The van der Waals surface area contributed by atoms with E-state index in [9.17, 15) is 5.11 Å². The van der Waals surface area contributed by atoms with Crippen LogP contribution in [-0.2, 0) is 11.3 Å². The second-order valence-corrected chi connectivity index (χ2v) is 8.53. The lowest BCUT2D eigenvalue weighted by atomic mass is 10.1. The molecule has 0 radical (unpaired) electrons. The van der Waals surface area contributed by atoms with E-state index < -0.39 is 6.10 Å². The predicted molar refractivity (Wildman–Crippen MR) is 107 cm³/mol. The number of hydrogen-bond donors (Lipinski definition) is 1. The third kappa shape index (κ3) is 6.73. The molecular weight excluding hydrogens is 342 g/mol. The molecule has 2 saturated heterocycles. The summed E-state index contributed by atoms with van der Waals surface area (Å²) in [5.74, 6) is 0.818. The van der Waals surface area contributed by atoms with Gasteiger partial charge in [-0.1, -0.05) is 12.1 Å². The number of morpholine rings is 1. The highest BCUT2D eigenvalue weighted by atomic mass is 16.5. The molecule has 3 rings (SSSR count). The van der Waals surface area contributed by atoms with Gasteiger partial charge in [0.2, 0.25) is 0 Å². The van der Waals surface area contributed by atoms with Crippen molar-refractivity contribution < 1.29 is 14.6 Å². The predicted octanol–water partition coefficient (Wildman–Crippen LogP) is 1.28. The fraction of sp³-hybridized carbons (Fsp3) is 0.714. The monoisotopic (exact) mass is 377 g/mol. The van der Waals surface area contributed by atoms with Crippen molar-refractivity contribution >= 4 is 0 Å². The Morgan fingerprint density at radius 2 is 1.78 bits per heavy atom. The SMILES string of the molecule is CN1CCN(C[C@@H](O)COc2ccc(CN3CCOC(C)(C)C3)cc2)CC1. The molecule has 0 saturated carbocycles. The number of hydrogen-bond acceptors (Lipinski definition) is 6. The molecule has 6 heteroatoms. The summed E-state index contributed by atoms with van der Waals surface area (Å²) in [7, 11) is 2.14. The number of benzene rings is 1. The van der Waals surface area contributed by atoms with Crippen LogP contribution in [0.5, 0.6) is 5.75 Å². The van der Waals surface area contributed by atoms with Gasteiger partial charge in [0, 0.05) is 52.4 Å². The van der Waals surface area contributed by atoms with Crippen molar-refractivity contribution in [2.24, 2.45) is 0 Å². The average molecular weight is 378 g/mol. The smallest absolute Gasteiger partial charge is 0.119 e. The Morgan fingerprint density at radius 3 is 2.44 bits per heavy atom. The van der Waals surface area contributed by atoms with Crippen LogP contribution in [0.2, 0.25) is 0 Å². The highest BCUT2D eigenvalue weighted by Gasteiger charge is 2.27. The number of piperazine rings is 1. The first-order valence-corrected chi connectivity index (χ1v) is 10.1. The van der Waals surface area contributed by atoms with E-state index in [0.29, 0.717) is 13.2 Å². The van der Waals surface area contributed by atoms with Gasteiger partial charge in [-0.05, 0) is 38.6 Å². The number of aliphatic hydroxyl groups is 1. The van der Waals surface area contributed by atoms with Crippen molar-refractivity contribution in [3.63, 3.8) is 0 Å². The van der Waals surface area contributed by atoms with Gasteiger partial charge >= 0.3 is 0 Å². The number of ether oxygens (including phenoxy) is 2. The molecule has 0 bridgehead atoms. The second kappa shape index (κ2) is 9.34. The molecule has 2 aliphatic heterocycles. The molecule has 6 nitrogen and oxygen atoms in total.